The van der Waals surface area contributed by atoms with Crippen molar-refractivity contribution in [1.29, 1.82) is 0 Å². The van der Waals surface area contributed by atoms with Crippen molar-refractivity contribution >= 4 is 27.5 Å². The van der Waals surface area contributed by atoms with E-state index in [0.29, 0.717) is 0 Å². The molecule has 0 aliphatic carbocycles. The Morgan fingerprint density at radius 2 is 1.90 bits per heavy atom. The predicted molar refractivity (Wildman–Crippen MR) is 74.2 cm³/mol. The number of aromatic nitrogens is 1. The summed E-state index contributed by atoms with van der Waals surface area (Å²) < 4.78 is 39.0. The fourth-order valence-electron chi connectivity index (χ4n) is 1.63. The first-order valence-corrected chi connectivity index (χ1v) is 6.44. The highest BCUT2D eigenvalue weighted by Gasteiger charge is 2.34. The van der Waals surface area contributed by atoms with Crippen LogP contribution in [0.4, 0.5) is 18.9 Å². The van der Waals surface area contributed by atoms with Crippen molar-refractivity contribution in [2.24, 2.45) is 0 Å². The van der Waals surface area contributed by atoms with Crippen LogP contribution in [0.15, 0.2) is 45.7 Å². The molecule has 0 aliphatic rings. The van der Waals surface area contributed by atoms with Gasteiger partial charge in [0.05, 0.1) is 11.3 Å². The van der Waals surface area contributed by atoms with E-state index < -0.39 is 23.2 Å². The summed E-state index contributed by atoms with van der Waals surface area (Å²) in [5.74, 6) is -0.833. The third-order valence-electron chi connectivity index (χ3n) is 2.55. The van der Waals surface area contributed by atoms with Crippen LogP contribution in [0.5, 0.6) is 0 Å². The molecule has 0 fully saturated rings. The number of anilines is 1. The van der Waals surface area contributed by atoms with Crippen molar-refractivity contribution in [3.8, 4) is 0 Å². The minimum Gasteiger partial charge on any atom is -0.320 e. The van der Waals surface area contributed by atoms with Crippen molar-refractivity contribution in [2.75, 3.05) is 5.32 Å². The maximum absolute atomic E-state index is 12.9. The molecule has 1 heterocycles. The van der Waals surface area contributed by atoms with Crippen LogP contribution in [0.1, 0.15) is 16.1 Å². The Balaban J connectivity index is 2.36. The molecule has 1 amide bonds. The van der Waals surface area contributed by atoms with Gasteiger partial charge in [-0.15, -0.1) is 0 Å². The molecule has 0 atom stereocenters. The number of nitrogens with one attached hydrogen (secondary N) is 2. The first-order valence-electron chi connectivity index (χ1n) is 5.65. The lowest BCUT2D eigenvalue weighted by molar-refractivity contribution is -0.136. The summed E-state index contributed by atoms with van der Waals surface area (Å²) in [6.45, 7) is 0. The van der Waals surface area contributed by atoms with E-state index in [0.717, 1.165) is 12.1 Å². The minimum atomic E-state index is -4.61. The topological polar surface area (TPSA) is 62.0 Å². The van der Waals surface area contributed by atoms with Crippen LogP contribution in [0.25, 0.3) is 0 Å². The maximum atomic E-state index is 12.9. The summed E-state index contributed by atoms with van der Waals surface area (Å²) >= 11 is 2.95. The Kier molecular flexibility index (Phi) is 4.17. The molecule has 2 N–H and O–H groups in total. The number of benzene rings is 1. The van der Waals surface area contributed by atoms with Gasteiger partial charge in [-0.25, -0.2) is 0 Å². The minimum absolute atomic E-state index is 0.126. The number of rotatable bonds is 2. The lowest BCUT2D eigenvalue weighted by Gasteiger charge is -2.14. The van der Waals surface area contributed by atoms with Crippen LogP contribution in [0, 0.1) is 0 Å². The van der Waals surface area contributed by atoms with Gasteiger partial charge in [-0.05, 0) is 24.3 Å². The lowest BCUT2D eigenvalue weighted by Crippen LogP contribution is -2.20. The zero-order valence-electron chi connectivity index (χ0n) is 10.3. The fourth-order valence-corrected chi connectivity index (χ4v) is 1.99. The number of H-pyrrole nitrogens is 1. The molecule has 0 spiro atoms. The fraction of sp³-hybridized carbons (Fsp3) is 0.0769. The number of halogens is 4. The van der Waals surface area contributed by atoms with E-state index in [-0.39, 0.29) is 15.9 Å². The van der Waals surface area contributed by atoms with Gasteiger partial charge < -0.3 is 10.3 Å². The molecular formula is C13H8BrF3N2O2. The van der Waals surface area contributed by atoms with Crippen LogP contribution in [0.2, 0.25) is 0 Å². The standard InChI is InChI=1S/C13H8BrF3N2O2/c14-7-4-5-9(8(6-7)13(15,16)17)19-12(21)10-2-1-3-11(20)18-10/h1-6H,(H,18,20)(H,19,21). The Hall–Kier alpha value is -2.09. The molecule has 0 aliphatic heterocycles. The Bertz CT molecular complexity index is 741. The molecule has 0 saturated carbocycles. The Labute approximate surface area is 125 Å². The summed E-state index contributed by atoms with van der Waals surface area (Å²) in [6, 6.07) is 7.19. The van der Waals surface area contributed by atoms with Gasteiger partial charge in [0, 0.05) is 10.5 Å². The second-order valence-electron chi connectivity index (χ2n) is 4.07. The average molecular weight is 361 g/mol. The van der Waals surface area contributed by atoms with Crippen LogP contribution >= 0.6 is 15.9 Å². The number of alkyl halides is 3. The maximum Gasteiger partial charge on any atom is 0.418 e. The van der Waals surface area contributed by atoms with Crippen molar-refractivity contribution < 1.29 is 18.0 Å². The molecule has 0 radical (unpaired) electrons. The Morgan fingerprint density at radius 1 is 1.19 bits per heavy atom. The first kappa shape index (κ1) is 15.3. The van der Waals surface area contributed by atoms with Gasteiger partial charge in [-0.3, -0.25) is 9.59 Å². The summed E-state index contributed by atoms with van der Waals surface area (Å²) in [6.07, 6.45) is -4.61. The highest BCUT2D eigenvalue weighted by atomic mass is 79.9. The van der Waals surface area contributed by atoms with E-state index in [1.54, 1.807) is 0 Å². The molecule has 2 aromatic rings. The van der Waals surface area contributed by atoms with Gasteiger partial charge in [0.2, 0.25) is 5.56 Å². The normalized spacial score (nSPS) is 11.2. The zero-order chi connectivity index (χ0) is 15.6. The predicted octanol–water partition coefficient (Wildman–Crippen LogP) is 3.41. The number of hydrogen-bond acceptors (Lipinski definition) is 2. The van der Waals surface area contributed by atoms with Crippen LogP contribution in [-0.2, 0) is 6.18 Å². The van der Waals surface area contributed by atoms with Crippen molar-refractivity contribution in [3.63, 3.8) is 0 Å². The molecule has 8 heteroatoms. The number of carbonyl (C=O) groups excluding carboxylic acids is 1. The van der Waals surface area contributed by atoms with Crippen molar-refractivity contribution in [2.45, 2.75) is 6.18 Å². The molecule has 0 bridgehead atoms. The smallest absolute Gasteiger partial charge is 0.320 e. The van der Waals surface area contributed by atoms with Crippen molar-refractivity contribution in [1.82, 2.24) is 4.98 Å². The van der Waals surface area contributed by atoms with E-state index in [2.05, 4.69) is 26.2 Å². The molecule has 4 nitrogen and oxygen atoms in total. The van der Waals surface area contributed by atoms with Gasteiger partial charge >= 0.3 is 6.18 Å². The molecule has 1 aromatic heterocycles. The molecule has 1 aromatic carbocycles. The van der Waals surface area contributed by atoms with Gasteiger partial charge in [-0.1, -0.05) is 22.0 Å². The van der Waals surface area contributed by atoms with Gasteiger partial charge in [-0.2, -0.15) is 13.2 Å². The van der Waals surface area contributed by atoms with Crippen molar-refractivity contribution in [3.05, 3.63) is 62.5 Å². The van der Waals surface area contributed by atoms with Gasteiger partial charge in [0.15, 0.2) is 0 Å². The quantitative estimate of drug-likeness (QED) is 0.861. The second kappa shape index (κ2) is 5.72. The second-order valence-corrected chi connectivity index (χ2v) is 4.99. The van der Waals surface area contributed by atoms with Crippen LogP contribution < -0.4 is 10.9 Å². The molecule has 21 heavy (non-hydrogen) atoms. The van der Waals surface area contributed by atoms with E-state index in [1.807, 2.05) is 0 Å². The van der Waals surface area contributed by atoms with E-state index in [4.69, 9.17) is 0 Å². The first-order chi connectivity index (χ1) is 9.77. The largest absolute Gasteiger partial charge is 0.418 e. The average Bonchev–Trinajstić information content (AvgIpc) is 2.39. The number of carbonyl (C=O) groups is 1. The summed E-state index contributed by atoms with van der Waals surface area (Å²) in [7, 11) is 0. The zero-order valence-corrected chi connectivity index (χ0v) is 11.9. The lowest BCUT2D eigenvalue weighted by atomic mass is 10.1. The number of amides is 1. The Morgan fingerprint density at radius 3 is 2.52 bits per heavy atom. The van der Waals surface area contributed by atoms with E-state index in [1.165, 1.54) is 24.3 Å². The number of aromatic amines is 1. The summed E-state index contributed by atoms with van der Waals surface area (Å²) in [4.78, 5) is 25.2. The summed E-state index contributed by atoms with van der Waals surface area (Å²) in [5.41, 5.74) is -2.02. The molecule has 2 rings (SSSR count). The van der Waals surface area contributed by atoms with Gasteiger partial charge in [0.1, 0.15) is 5.69 Å². The van der Waals surface area contributed by atoms with E-state index in [9.17, 15) is 22.8 Å². The third kappa shape index (κ3) is 3.72. The third-order valence-corrected chi connectivity index (χ3v) is 3.04. The highest BCUT2D eigenvalue weighted by molar-refractivity contribution is 9.10. The molecule has 110 valence electrons. The highest BCUT2D eigenvalue weighted by Crippen LogP contribution is 2.36. The number of pyridine rings is 1. The number of hydrogen-bond donors (Lipinski definition) is 2. The molecule has 0 unspecified atom stereocenters. The van der Waals surface area contributed by atoms with Crippen LogP contribution in [0.3, 0.4) is 0 Å². The molecular weight excluding hydrogens is 353 g/mol. The SMILES string of the molecule is O=C(Nc1ccc(Br)cc1C(F)(F)F)c1cccc(=O)[nH]1. The summed E-state index contributed by atoms with van der Waals surface area (Å²) in [5, 5.41) is 2.14. The van der Waals surface area contributed by atoms with E-state index >= 15 is 0 Å². The van der Waals surface area contributed by atoms with Gasteiger partial charge in [0.25, 0.3) is 5.91 Å². The van der Waals surface area contributed by atoms with Crippen LogP contribution in [-0.4, -0.2) is 10.9 Å². The molecule has 0 saturated heterocycles. The monoisotopic (exact) mass is 360 g/mol.